The Morgan fingerprint density at radius 2 is 2.05 bits per heavy atom. The van der Waals surface area contributed by atoms with Gasteiger partial charge in [0.2, 0.25) is 10.0 Å². The monoisotopic (exact) mass is 416 g/mol. The minimum absolute atomic E-state index is 0.0924. The maximum atomic E-state index is 12.2. The van der Waals surface area contributed by atoms with Crippen molar-refractivity contribution in [1.29, 1.82) is 0 Å². The molecule has 1 atom stereocenters. The third-order valence-corrected chi connectivity index (χ3v) is 7.79. The number of sulfonamides is 1. The first-order chi connectivity index (χ1) is 9.80. The quantitative estimate of drug-likeness (QED) is 0.662. The lowest BCUT2D eigenvalue weighted by molar-refractivity contribution is 0.293. The van der Waals surface area contributed by atoms with Gasteiger partial charge >= 0.3 is 0 Å². The molecule has 0 radical (unpaired) electrons. The van der Waals surface area contributed by atoms with Crippen LogP contribution < -0.4 is 4.72 Å². The second-order valence-electron chi connectivity index (χ2n) is 4.88. The van der Waals surface area contributed by atoms with Gasteiger partial charge in [-0.15, -0.1) is 11.3 Å². The molecule has 1 N–H and O–H groups in total. The molecule has 0 fully saturated rings. The molecule has 1 aromatic rings. The van der Waals surface area contributed by atoms with Crippen molar-refractivity contribution in [2.45, 2.75) is 43.9 Å². The molecule has 0 aliphatic carbocycles. The summed E-state index contributed by atoms with van der Waals surface area (Å²) in [5.41, 5.74) is 0. The molecule has 0 aromatic carbocycles. The number of nitrogens with zero attached hydrogens (tertiary/aromatic N) is 1. The Kier molecular flexibility index (Phi) is 8.16. The highest BCUT2D eigenvalue weighted by atomic mass is 79.9. The van der Waals surface area contributed by atoms with Gasteiger partial charge in [0, 0.05) is 6.04 Å². The van der Waals surface area contributed by atoms with Crippen LogP contribution in [0.15, 0.2) is 14.1 Å². The predicted molar refractivity (Wildman–Crippen MR) is 93.8 cm³/mol. The van der Waals surface area contributed by atoms with Crippen molar-refractivity contribution in [3.63, 3.8) is 0 Å². The number of nitrogens with one attached hydrogen (secondary N) is 1. The average Bonchev–Trinajstić information content (AvgIpc) is 2.75. The summed E-state index contributed by atoms with van der Waals surface area (Å²) in [6.45, 7) is 9.21. The normalized spacial score (nSPS) is 13.8. The van der Waals surface area contributed by atoms with Crippen molar-refractivity contribution in [2.24, 2.45) is 0 Å². The summed E-state index contributed by atoms with van der Waals surface area (Å²) < 4.78 is 28.0. The first-order valence-electron chi connectivity index (χ1n) is 6.99. The fourth-order valence-electron chi connectivity index (χ4n) is 2.00. The molecule has 0 spiro atoms. The molecule has 0 saturated heterocycles. The summed E-state index contributed by atoms with van der Waals surface area (Å²) >= 11 is 10.3. The van der Waals surface area contributed by atoms with Gasteiger partial charge in [-0.2, -0.15) is 0 Å². The van der Waals surface area contributed by atoms with Crippen molar-refractivity contribution in [2.75, 3.05) is 19.6 Å². The Labute approximate surface area is 145 Å². The molecule has 4 nitrogen and oxygen atoms in total. The second kappa shape index (κ2) is 8.84. The van der Waals surface area contributed by atoms with E-state index >= 15 is 0 Å². The van der Waals surface area contributed by atoms with Crippen molar-refractivity contribution < 1.29 is 8.42 Å². The van der Waals surface area contributed by atoms with E-state index in [4.69, 9.17) is 11.6 Å². The summed E-state index contributed by atoms with van der Waals surface area (Å²) in [6.07, 6.45) is 1.79. The van der Waals surface area contributed by atoms with Crippen LogP contribution in [0.2, 0.25) is 5.02 Å². The number of hydrogen-bond acceptors (Lipinski definition) is 4. The highest BCUT2D eigenvalue weighted by Gasteiger charge is 2.21. The van der Waals surface area contributed by atoms with Crippen LogP contribution in [0.4, 0.5) is 0 Å². The molecule has 0 saturated carbocycles. The van der Waals surface area contributed by atoms with Crippen molar-refractivity contribution >= 4 is 48.9 Å². The third-order valence-electron chi connectivity index (χ3n) is 3.25. The minimum atomic E-state index is -3.48. The average molecular weight is 418 g/mol. The molecular weight excluding hydrogens is 396 g/mol. The van der Waals surface area contributed by atoms with Crippen molar-refractivity contribution in [3.8, 4) is 0 Å². The van der Waals surface area contributed by atoms with Crippen LogP contribution in [0.3, 0.4) is 0 Å². The van der Waals surface area contributed by atoms with Crippen LogP contribution >= 0.6 is 38.9 Å². The van der Waals surface area contributed by atoms with E-state index in [9.17, 15) is 8.42 Å². The molecule has 0 bridgehead atoms. The standard InChI is InChI=1S/C13H22BrClN2O2S2/c1-4-17(5-2)8-6-7-10(3)16-21(18,19)12-9-11(15)13(14)20-12/h9-10,16H,4-8H2,1-3H3. The fraction of sp³-hybridized carbons (Fsp3) is 0.692. The van der Waals surface area contributed by atoms with E-state index in [1.807, 2.05) is 6.92 Å². The zero-order valence-corrected chi connectivity index (χ0v) is 16.5. The Morgan fingerprint density at radius 1 is 1.43 bits per heavy atom. The molecule has 122 valence electrons. The van der Waals surface area contributed by atoms with E-state index < -0.39 is 10.0 Å². The Morgan fingerprint density at radius 3 is 2.52 bits per heavy atom. The highest BCUT2D eigenvalue weighted by Crippen LogP contribution is 2.34. The lowest BCUT2D eigenvalue weighted by Gasteiger charge is -2.19. The number of thiophene rings is 1. The summed E-state index contributed by atoms with van der Waals surface area (Å²) in [4.78, 5) is 2.33. The molecule has 0 amide bonds. The van der Waals surface area contributed by atoms with Gasteiger partial charge < -0.3 is 4.90 Å². The third kappa shape index (κ3) is 6.15. The maximum absolute atomic E-state index is 12.2. The van der Waals surface area contributed by atoms with E-state index in [-0.39, 0.29) is 10.3 Å². The smallest absolute Gasteiger partial charge is 0.250 e. The van der Waals surface area contributed by atoms with Gasteiger partial charge in [-0.25, -0.2) is 13.1 Å². The minimum Gasteiger partial charge on any atom is -0.304 e. The van der Waals surface area contributed by atoms with Crippen LogP contribution in [-0.4, -0.2) is 39.0 Å². The van der Waals surface area contributed by atoms with Gasteiger partial charge in [0.25, 0.3) is 0 Å². The van der Waals surface area contributed by atoms with E-state index in [1.54, 1.807) is 0 Å². The molecule has 0 aliphatic rings. The zero-order valence-electron chi connectivity index (χ0n) is 12.5. The van der Waals surface area contributed by atoms with Crippen LogP contribution in [0, 0.1) is 0 Å². The summed E-state index contributed by atoms with van der Waals surface area (Å²) in [5, 5.41) is 0.426. The number of hydrogen-bond donors (Lipinski definition) is 1. The van der Waals surface area contributed by atoms with Crippen LogP contribution in [0.1, 0.15) is 33.6 Å². The molecule has 1 aromatic heterocycles. The summed E-state index contributed by atoms with van der Waals surface area (Å²) in [5.74, 6) is 0. The van der Waals surface area contributed by atoms with Gasteiger partial charge in [-0.3, -0.25) is 0 Å². The fourth-order valence-corrected chi connectivity index (χ4v) is 5.69. The van der Waals surface area contributed by atoms with E-state index in [1.165, 1.54) is 6.07 Å². The lowest BCUT2D eigenvalue weighted by atomic mass is 10.2. The summed E-state index contributed by atoms with van der Waals surface area (Å²) in [7, 11) is -3.48. The topological polar surface area (TPSA) is 49.4 Å². The SMILES string of the molecule is CCN(CC)CCCC(C)NS(=O)(=O)c1cc(Cl)c(Br)s1. The molecule has 1 unspecified atom stereocenters. The van der Waals surface area contributed by atoms with Gasteiger partial charge in [-0.05, 0) is 61.4 Å². The number of rotatable bonds is 9. The molecule has 1 heterocycles. The molecule has 8 heteroatoms. The first kappa shape index (κ1) is 19.4. The zero-order chi connectivity index (χ0) is 16.0. The molecule has 21 heavy (non-hydrogen) atoms. The lowest BCUT2D eigenvalue weighted by Crippen LogP contribution is -2.33. The van der Waals surface area contributed by atoms with E-state index in [2.05, 4.69) is 39.4 Å². The van der Waals surface area contributed by atoms with Crippen LogP contribution in [0.25, 0.3) is 0 Å². The second-order valence-corrected chi connectivity index (χ2v) is 9.60. The molecule has 1 rings (SSSR count). The molecular formula is C13H22BrClN2O2S2. The van der Waals surface area contributed by atoms with E-state index in [0.717, 1.165) is 43.8 Å². The van der Waals surface area contributed by atoms with Gasteiger partial charge in [0.1, 0.15) is 4.21 Å². The predicted octanol–water partition coefficient (Wildman–Crippen LogP) is 3.95. The Balaban J connectivity index is 2.51. The van der Waals surface area contributed by atoms with Crippen LogP contribution in [-0.2, 0) is 10.0 Å². The van der Waals surface area contributed by atoms with Gasteiger partial charge in [0.15, 0.2) is 0 Å². The largest absolute Gasteiger partial charge is 0.304 e. The summed E-state index contributed by atoms with van der Waals surface area (Å²) in [6, 6.07) is 1.38. The van der Waals surface area contributed by atoms with Gasteiger partial charge in [0.05, 0.1) is 8.81 Å². The van der Waals surface area contributed by atoms with Crippen molar-refractivity contribution in [3.05, 3.63) is 14.9 Å². The van der Waals surface area contributed by atoms with E-state index in [0.29, 0.717) is 8.81 Å². The molecule has 0 aliphatic heterocycles. The number of halogens is 2. The van der Waals surface area contributed by atoms with Crippen molar-refractivity contribution in [1.82, 2.24) is 9.62 Å². The Bertz CT molecular complexity index is 525. The maximum Gasteiger partial charge on any atom is 0.250 e. The highest BCUT2D eigenvalue weighted by molar-refractivity contribution is 9.11. The first-order valence-corrected chi connectivity index (χ1v) is 10.5. The van der Waals surface area contributed by atoms with Crippen LogP contribution in [0.5, 0.6) is 0 Å². The van der Waals surface area contributed by atoms with Gasteiger partial charge in [-0.1, -0.05) is 25.4 Å². The Hall–Kier alpha value is 0.340.